The van der Waals surface area contributed by atoms with Crippen LogP contribution in [0.25, 0.3) is 0 Å². The van der Waals surface area contributed by atoms with Crippen LogP contribution in [0.2, 0.25) is 0 Å². The van der Waals surface area contributed by atoms with E-state index >= 15 is 0 Å². The molecule has 0 saturated carbocycles. The molecule has 0 radical (unpaired) electrons. The van der Waals surface area contributed by atoms with Crippen molar-refractivity contribution in [3.63, 3.8) is 0 Å². The molecule has 0 aromatic heterocycles. The standard InChI is InChI=1S/C21H26N2O3/c1-5-15-9-8-10-16(13-15)26-14-19(24)22-18-12-7-6-11-17(18)20(25)23-21(2,3)4/h6-13H,5,14H2,1-4H3,(H,22,24)(H,23,25). The lowest BCUT2D eigenvalue weighted by Gasteiger charge is -2.21. The monoisotopic (exact) mass is 354 g/mol. The van der Waals surface area contributed by atoms with E-state index in [1.165, 1.54) is 0 Å². The molecule has 2 rings (SSSR count). The van der Waals surface area contributed by atoms with Crippen LogP contribution in [0.1, 0.15) is 43.6 Å². The first-order valence-corrected chi connectivity index (χ1v) is 8.71. The summed E-state index contributed by atoms with van der Waals surface area (Å²) in [5.41, 5.74) is 1.67. The highest BCUT2D eigenvalue weighted by Gasteiger charge is 2.18. The molecular formula is C21H26N2O3. The largest absolute Gasteiger partial charge is 0.484 e. The zero-order chi connectivity index (χ0) is 19.2. The molecule has 2 aromatic rings. The molecule has 0 aliphatic heterocycles. The molecule has 0 saturated heterocycles. The Balaban J connectivity index is 2.01. The van der Waals surface area contributed by atoms with Crippen molar-refractivity contribution in [1.29, 1.82) is 0 Å². The van der Waals surface area contributed by atoms with Gasteiger partial charge in [-0.1, -0.05) is 31.2 Å². The Morgan fingerprint density at radius 3 is 2.46 bits per heavy atom. The molecule has 5 heteroatoms. The zero-order valence-corrected chi connectivity index (χ0v) is 15.8. The van der Waals surface area contributed by atoms with Gasteiger partial charge in [0.2, 0.25) is 0 Å². The van der Waals surface area contributed by atoms with Gasteiger partial charge >= 0.3 is 0 Å². The van der Waals surface area contributed by atoms with E-state index in [0.717, 1.165) is 12.0 Å². The summed E-state index contributed by atoms with van der Waals surface area (Å²) < 4.78 is 5.55. The van der Waals surface area contributed by atoms with Crippen molar-refractivity contribution in [2.45, 2.75) is 39.7 Å². The smallest absolute Gasteiger partial charge is 0.262 e. The van der Waals surface area contributed by atoms with E-state index in [-0.39, 0.29) is 24.0 Å². The molecule has 26 heavy (non-hydrogen) atoms. The number of hydrogen-bond donors (Lipinski definition) is 2. The molecule has 0 fully saturated rings. The lowest BCUT2D eigenvalue weighted by Crippen LogP contribution is -2.41. The number of benzene rings is 2. The number of nitrogens with one attached hydrogen (secondary N) is 2. The van der Waals surface area contributed by atoms with Gasteiger partial charge in [0.15, 0.2) is 6.61 Å². The Kier molecular flexibility index (Phi) is 6.39. The van der Waals surface area contributed by atoms with Gasteiger partial charge in [-0.3, -0.25) is 9.59 Å². The number of carbonyl (C=O) groups excluding carboxylic acids is 2. The predicted octanol–water partition coefficient (Wildman–Crippen LogP) is 3.79. The molecule has 0 aliphatic carbocycles. The van der Waals surface area contributed by atoms with Crippen LogP contribution >= 0.6 is 0 Å². The van der Waals surface area contributed by atoms with Crippen molar-refractivity contribution in [3.8, 4) is 5.75 Å². The van der Waals surface area contributed by atoms with Crippen LogP contribution in [0, 0.1) is 0 Å². The third-order valence-electron chi connectivity index (χ3n) is 3.61. The molecule has 0 heterocycles. The Morgan fingerprint density at radius 2 is 1.77 bits per heavy atom. The van der Waals surface area contributed by atoms with Gasteiger partial charge in [0.1, 0.15) is 5.75 Å². The van der Waals surface area contributed by atoms with E-state index in [4.69, 9.17) is 4.74 Å². The average molecular weight is 354 g/mol. The number of carbonyl (C=O) groups is 2. The number of ether oxygens (including phenoxy) is 1. The molecular weight excluding hydrogens is 328 g/mol. The second-order valence-corrected chi connectivity index (χ2v) is 7.09. The van der Waals surface area contributed by atoms with Gasteiger partial charge in [-0.15, -0.1) is 0 Å². The Hall–Kier alpha value is -2.82. The van der Waals surface area contributed by atoms with E-state index in [0.29, 0.717) is 17.0 Å². The maximum absolute atomic E-state index is 12.4. The van der Waals surface area contributed by atoms with Crippen LogP contribution in [0.5, 0.6) is 5.75 Å². The third-order valence-corrected chi connectivity index (χ3v) is 3.61. The minimum absolute atomic E-state index is 0.123. The summed E-state index contributed by atoms with van der Waals surface area (Å²) in [7, 11) is 0. The Morgan fingerprint density at radius 1 is 1.04 bits per heavy atom. The first kappa shape index (κ1) is 19.5. The maximum Gasteiger partial charge on any atom is 0.262 e. The summed E-state index contributed by atoms with van der Waals surface area (Å²) in [6.07, 6.45) is 0.902. The number of amides is 2. The van der Waals surface area contributed by atoms with Crippen LogP contribution in [-0.2, 0) is 11.2 Å². The minimum Gasteiger partial charge on any atom is -0.484 e. The first-order valence-electron chi connectivity index (χ1n) is 8.71. The van der Waals surface area contributed by atoms with Crippen LogP contribution in [0.3, 0.4) is 0 Å². The molecule has 0 atom stereocenters. The van der Waals surface area contributed by atoms with E-state index in [9.17, 15) is 9.59 Å². The second-order valence-electron chi connectivity index (χ2n) is 7.09. The van der Waals surface area contributed by atoms with Gasteiger partial charge in [0.05, 0.1) is 11.3 Å². The van der Waals surface area contributed by atoms with E-state index in [2.05, 4.69) is 17.6 Å². The molecule has 0 spiro atoms. The molecule has 2 amide bonds. The van der Waals surface area contributed by atoms with Gasteiger partial charge < -0.3 is 15.4 Å². The van der Waals surface area contributed by atoms with Gasteiger partial charge in [-0.05, 0) is 57.0 Å². The van der Waals surface area contributed by atoms with Crippen molar-refractivity contribution >= 4 is 17.5 Å². The Labute approximate surface area is 154 Å². The fourth-order valence-corrected chi connectivity index (χ4v) is 2.39. The number of rotatable bonds is 6. The summed E-state index contributed by atoms with van der Waals surface area (Å²) in [6.45, 7) is 7.66. The summed E-state index contributed by atoms with van der Waals surface area (Å²) in [5.74, 6) is 0.103. The van der Waals surface area contributed by atoms with Crippen molar-refractivity contribution in [3.05, 3.63) is 59.7 Å². The van der Waals surface area contributed by atoms with Crippen LogP contribution in [0.4, 0.5) is 5.69 Å². The summed E-state index contributed by atoms with van der Waals surface area (Å²) in [5, 5.41) is 5.65. The highest BCUT2D eigenvalue weighted by atomic mass is 16.5. The Bertz CT molecular complexity index is 779. The maximum atomic E-state index is 12.4. The number of para-hydroxylation sites is 1. The van der Waals surface area contributed by atoms with Crippen LogP contribution in [-0.4, -0.2) is 24.0 Å². The SMILES string of the molecule is CCc1cccc(OCC(=O)Nc2ccccc2C(=O)NC(C)(C)C)c1. The number of aryl methyl sites for hydroxylation is 1. The topological polar surface area (TPSA) is 67.4 Å². The molecule has 138 valence electrons. The fraction of sp³-hybridized carbons (Fsp3) is 0.333. The first-order chi connectivity index (χ1) is 12.3. The van der Waals surface area contributed by atoms with Crippen molar-refractivity contribution in [2.75, 3.05) is 11.9 Å². The van der Waals surface area contributed by atoms with Gasteiger partial charge in [-0.25, -0.2) is 0 Å². The summed E-state index contributed by atoms with van der Waals surface area (Å²) >= 11 is 0. The van der Waals surface area contributed by atoms with Gasteiger partial charge in [0, 0.05) is 5.54 Å². The van der Waals surface area contributed by atoms with Crippen molar-refractivity contribution in [1.82, 2.24) is 5.32 Å². The van der Waals surface area contributed by atoms with E-state index in [1.807, 2.05) is 45.0 Å². The minimum atomic E-state index is -0.360. The summed E-state index contributed by atoms with van der Waals surface area (Å²) in [4.78, 5) is 24.7. The molecule has 2 N–H and O–H groups in total. The highest BCUT2D eigenvalue weighted by Crippen LogP contribution is 2.17. The molecule has 2 aromatic carbocycles. The van der Waals surface area contributed by atoms with E-state index in [1.54, 1.807) is 24.3 Å². The van der Waals surface area contributed by atoms with Crippen LogP contribution < -0.4 is 15.4 Å². The van der Waals surface area contributed by atoms with E-state index < -0.39 is 0 Å². The lowest BCUT2D eigenvalue weighted by atomic mass is 10.1. The predicted molar refractivity (Wildman–Crippen MR) is 104 cm³/mol. The normalized spacial score (nSPS) is 10.9. The summed E-state index contributed by atoms with van der Waals surface area (Å²) in [6, 6.07) is 14.6. The molecule has 0 unspecified atom stereocenters. The molecule has 5 nitrogen and oxygen atoms in total. The van der Waals surface area contributed by atoms with Crippen molar-refractivity contribution in [2.24, 2.45) is 0 Å². The van der Waals surface area contributed by atoms with Crippen molar-refractivity contribution < 1.29 is 14.3 Å². The fourth-order valence-electron chi connectivity index (χ4n) is 2.39. The zero-order valence-electron chi connectivity index (χ0n) is 15.8. The number of hydrogen-bond acceptors (Lipinski definition) is 3. The van der Waals surface area contributed by atoms with Crippen LogP contribution in [0.15, 0.2) is 48.5 Å². The third kappa shape index (κ3) is 5.92. The second kappa shape index (κ2) is 8.52. The molecule has 0 aliphatic rings. The number of anilines is 1. The molecule has 0 bridgehead atoms. The van der Waals surface area contributed by atoms with Gasteiger partial charge in [0.25, 0.3) is 11.8 Å². The highest BCUT2D eigenvalue weighted by molar-refractivity contribution is 6.04. The van der Waals surface area contributed by atoms with Gasteiger partial charge in [-0.2, -0.15) is 0 Å². The quantitative estimate of drug-likeness (QED) is 0.829. The lowest BCUT2D eigenvalue weighted by molar-refractivity contribution is -0.118. The average Bonchev–Trinajstić information content (AvgIpc) is 2.59.